The molecule has 0 atom stereocenters. The van der Waals surface area contributed by atoms with Gasteiger partial charge in [-0.25, -0.2) is 4.98 Å². The number of carbonyl (C=O) groups excluding carboxylic acids is 1. The van der Waals surface area contributed by atoms with Crippen LogP contribution >= 0.6 is 27.3 Å². The van der Waals surface area contributed by atoms with Crippen LogP contribution in [0.15, 0.2) is 22.2 Å². The maximum Gasteiger partial charge on any atom is 0.268 e. The van der Waals surface area contributed by atoms with Gasteiger partial charge in [0.05, 0.1) is 21.1 Å². The zero-order valence-corrected chi connectivity index (χ0v) is 10.7. The molecule has 0 saturated carbocycles. The normalized spacial score (nSPS) is 10.1. The highest BCUT2D eigenvalue weighted by Gasteiger charge is 2.12. The molecule has 2 aromatic rings. The van der Waals surface area contributed by atoms with Gasteiger partial charge in [0.15, 0.2) is 0 Å². The van der Waals surface area contributed by atoms with Crippen LogP contribution in [0.25, 0.3) is 0 Å². The number of aryl methyl sites for hydroxylation is 1. The summed E-state index contributed by atoms with van der Waals surface area (Å²) < 4.78 is 0.949. The highest BCUT2D eigenvalue weighted by molar-refractivity contribution is 9.11. The second-order valence-electron chi connectivity index (χ2n) is 2.99. The van der Waals surface area contributed by atoms with Crippen LogP contribution in [0.2, 0.25) is 0 Å². The van der Waals surface area contributed by atoms with Crippen molar-refractivity contribution < 1.29 is 4.79 Å². The van der Waals surface area contributed by atoms with E-state index in [-0.39, 0.29) is 11.9 Å². The van der Waals surface area contributed by atoms with Gasteiger partial charge in [-0.2, -0.15) is 5.10 Å². The third-order valence-corrected chi connectivity index (χ3v) is 3.92. The van der Waals surface area contributed by atoms with Gasteiger partial charge in [-0.1, -0.05) is 0 Å². The number of amides is 1. The molecule has 0 aliphatic rings. The summed E-state index contributed by atoms with van der Waals surface area (Å²) in [6.07, 6.45) is 2.92. The van der Waals surface area contributed by atoms with Crippen LogP contribution in [0.1, 0.15) is 15.2 Å². The van der Waals surface area contributed by atoms with Gasteiger partial charge in [0.25, 0.3) is 5.91 Å². The van der Waals surface area contributed by atoms with E-state index in [0.29, 0.717) is 4.88 Å². The quantitative estimate of drug-likeness (QED) is 0.923. The van der Waals surface area contributed by atoms with E-state index in [2.05, 4.69) is 36.4 Å². The lowest BCUT2D eigenvalue weighted by Gasteiger charge is -1.98. The number of hydrogen-bond donors (Lipinski definition) is 1. The Balaban J connectivity index is 2.15. The minimum Gasteiger partial charge on any atom is -0.288 e. The molecule has 0 fully saturated rings. The van der Waals surface area contributed by atoms with Crippen LogP contribution in [0.3, 0.4) is 0 Å². The molecule has 0 unspecified atom stereocenters. The Morgan fingerprint density at radius 2 is 2.31 bits per heavy atom. The van der Waals surface area contributed by atoms with Crippen LogP contribution in [0.4, 0.5) is 5.95 Å². The number of halogens is 1. The molecule has 0 spiro atoms. The van der Waals surface area contributed by atoms with Gasteiger partial charge in [0.1, 0.15) is 0 Å². The third kappa shape index (κ3) is 2.42. The molecule has 2 heterocycles. The van der Waals surface area contributed by atoms with E-state index in [9.17, 15) is 4.79 Å². The molecule has 0 bridgehead atoms. The number of carbonyl (C=O) groups is 1. The summed E-state index contributed by atoms with van der Waals surface area (Å²) in [7, 11) is 0. The van der Waals surface area contributed by atoms with Crippen molar-refractivity contribution in [3.8, 4) is 0 Å². The van der Waals surface area contributed by atoms with Crippen LogP contribution < -0.4 is 5.32 Å². The van der Waals surface area contributed by atoms with Gasteiger partial charge in [0.2, 0.25) is 5.95 Å². The van der Waals surface area contributed by atoms with Crippen molar-refractivity contribution >= 4 is 39.1 Å². The summed E-state index contributed by atoms with van der Waals surface area (Å²) in [5.41, 5.74) is 1.03. The number of nitrogens with zero attached hydrogens (tertiary/aromatic N) is 3. The second-order valence-corrected chi connectivity index (χ2v) is 5.36. The summed E-state index contributed by atoms with van der Waals surface area (Å²) in [4.78, 5) is 16.2. The highest BCUT2D eigenvalue weighted by Crippen LogP contribution is 2.27. The molecular weight excluding hydrogens is 292 g/mol. The summed E-state index contributed by atoms with van der Waals surface area (Å²) in [6, 6.07) is 1.81. The van der Waals surface area contributed by atoms with Crippen LogP contribution in [-0.2, 0) is 0 Å². The lowest BCUT2D eigenvalue weighted by molar-refractivity contribution is 0.102. The van der Waals surface area contributed by atoms with E-state index in [1.807, 2.05) is 6.92 Å². The molecule has 0 aromatic carbocycles. The van der Waals surface area contributed by atoms with E-state index < -0.39 is 0 Å². The topological polar surface area (TPSA) is 67.8 Å². The van der Waals surface area contributed by atoms with Gasteiger partial charge < -0.3 is 0 Å². The van der Waals surface area contributed by atoms with E-state index in [1.54, 1.807) is 6.07 Å². The summed E-state index contributed by atoms with van der Waals surface area (Å²) in [6.45, 7) is 1.93. The Labute approximate surface area is 104 Å². The first-order chi connectivity index (χ1) is 7.66. The first-order valence-corrected chi connectivity index (χ1v) is 5.99. The third-order valence-electron chi connectivity index (χ3n) is 1.79. The Morgan fingerprint density at radius 1 is 1.50 bits per heavy atom. The first-order valence-electron chi connectivity index (χ1n) is 4.38. The maximum absolute atomic E-state index is 11.8. The first kappa shape index (κ1) is 11.2. The van der Waals surface area contributed by atoms with Gasteiger partial charge in [0, 0.05) is 0 Å². The maximum atomic E-state index is 11.8. The number of thiophene rings is 1. The number of nitrogens with one attached hydrogen (secondary N) is 1. The summed E-state index contributed by atoms with van der Waals surface area (Å²) in [5.74, 6) is -0.0264. The minimum atomic E-state index is -0.230. The zero-order valence-electron chi connectivity index (χ0n) is 8.27. The van der Waals surface area contributed by atoms with E-state index >= 15 is 0 Å². The van der Waals surface area contributed by atoms with Crippen molar-refractivity contribution in [2.24, 2.45) is 0 Å². The molecule has 16 heavy (non-hydrogen) atoms. The summed E-state index contributed by atoms with van der Waals surface area (Å²) >= 11 is 4.74. The van der Waals surface area contributed by atoms with Gasteiger partial charge >= 0.3 is 0 Å². The Hall–Kier alpha value is -1.34. The average Bonchev–Trinajstić information content (AvgIpc) is 2.61. The lowest BCUT2D eigenvalue weighted by Crippen LogP contribution is -2.12. The van der Waals surface area contributed by atoms with Gasteiger partial charge in [-0.3, -0.25) is 10.1 Å². The predicted octanol–water partition coefficient (Wildman–Crippen LogP) is 2.26. The Bertz CT molecular complexity index is 494. The Morgan fingerprint density at radius 3 is 2.88 bits per heavy atom. The van der Waals surface area contributed by atoms with Crippen LogP contribution in [0.5, 0.6) is 0 Å². The molecule has 1 amide bonds. The van der Waals surface area contributed by atoms with Gasteiger partial charge in [-0.15, -0.1) is 16.4 Å². The molecule has 7 heteroatoms. The Kier molecular flexibility index (Phi) is 3.25. The molecule has 1 N–H and O–H groups in total. The van der Waals surface area contributed by atoms with Gasteiger partial charge in [-0.05, 0) is 34.5 Å². The molecule has 0 radical (unpaired) electrons. The van der Waals surface area contributed by atoms with E-state index in [1.165, 1.54) is 23.7 Å². The molecule has 82 valence electrons. The minimum absolute atomic E-state index is 0.203. The largest absolute Gasteiger partial charge is 0.288 e. The van der Waals surface area contributed by atoms with Crippen molar-refractivity contribution in [3.05, 3.63) is 32.7 Å². The molecule has 2 rings (SSSR count). The molecule has 0 aliphatic carbocycles. The number of rotatable bonds is 2. The molecule has 2 aromatic heterocycles. The standard InChI is InChI=1S/C9H7BrN4OS/c1-5-4-6(16-7(5)10)8(15)13-9-11-2-3-12-14-9/h2-4H,1H3,(H,11,13,14,15). The SMILES string of the molecule is Cc1cc(C(=O)Nc2nccnn2)sc1Br. The van der Waals surface area contributed by atoms with Crippen molar-refractivity contribution in [1.29, 1.82) is 0 Å². The molecule has 0 saturated heterocycles. The zero-order chi connectivity index (χ0) is 11.5. The number of aromatic nitrogens is 3. The molecule has 0 aliphatic heterocycles. The van der Waals surface area contributed by atoms with Crippen LogP contribution in [-0.4, -0.2) is 21.1 Å². The molecular formula is C9H7BrN4OS. The fourth-order valence-corrected chi connectivity index (χ4v) is 2.47. The fraction of sp³-hybridized carbons (Fsp3) is 0.111. The predicted molar refractivity (Wildman–Crippen MR) is 64.5 cm³/mol. The van der Waals surface area contributed by atoms with E-state index in [0.717, 1.165) is 9.35 Å². The monoisotopic (exact) mass is 298 g/mol. The van der Waals surface area contributed by atoms with Crippen molar-refractivity contribution in [2.75, 3.05) is 5.32 Å². The summed E-state index contributed by atoms with van der Waals surface area (Å²) in [5, 5.41) is 9.86. The van der Waals surface area contributed by atoms with Crippen LogP contribution in [0, 0.1) is 6.92 Å². The smallest absolute Gasteiger partial charge is 0.268 e. The number of anilines is 1. The lowest BCUT2D eigenvalue weighted by atomic mass is 10.3. The van der Waals surface area contributed by atoms with Crippen molar-refractivity contribution in [3.63, 3.8) is 0 Å². The fourth-order valence-electron chi connectivity index (χ4n) is 1.04. The number of hydrogen-bond acceptors (Lipinski definition) is 5. The van der Waals surface area contributed by atoms with Crippen molar-refractivity contribution in [1.82, 2.24) is 15.2 Å². The van der Waals surface area contributed by atoms with E-state index in [4.69, 9.17) is 0 Å². The highest BCUT2D eigenvalue weighted by atomic mass is 79.9. The second kappa shape index (κ2) is 4.67. The molecule has 5 nitrogen and oxygen atoms in total. The average molecular weight is 299 g/mol. The van der Waals surface area contributed by atoms with Crippen molar-refractivity contribution in [2.45, 2.75) is 6.92 Å².